The molecule has 0 atom stereocenters. The molecule has 0 aromatic heterocycles. The van der Waals surface area contributed by atoms with Gasteiger partial charge in [-0.1, -0.05) is 37.0 Å². The third-order valence-electron chi connectivity index (χ3n) is 4.29. The molecular weight excluding hydrogens is 194 g/mol. The second kappa shape index (κ2) is 3.34. The van der Waals surface area contributed by atoms with E-state index in [4.69, 9.17) is 10.8 Å². The van der Waals surface area contributed by atoms with Crippen LogP contribution < -0.4 is 5.73 Å². The van der Waals surface area contributed by atoms with Crippen LogP contribution in [0, 0.1) is 0 Å². The average Bonchev–Trinajstić information content (AvgIpc) is 2.60. The van der Waals surface area contributed by atoms with Gasteiger partial charge in [0.05, 0.1) is 8.07 Å². The summed E-state index contributed by atoms with van der Waals surface area (Å²) in [6.45, 7) is 0. The van der Waals surface area contributed by atoms with Crippen molar-refractivity contribution >= 4 is 14.0 Å². The minimum atomic E-state index is -0.997. The van der Waals surface area contributed by atoms with Gasteiger partial charge in [-0.15, -0.1) is 0 Å². The van der Waals surface area contributed by atoms with Crippen LogP contribution in [0.15, 0.2) is 0 Å². The standard InChI is InChI=1S/C10H19NO2Si/c11-10(9(12)13)3-7-14(8-4-10)5-1-2-6-14/h1-8,11H2,(H,12,13). The second-order valence-electron chi connectivity index (χ2n) is 5.17. The minimum Gasteiger partial charge on any atom is -0.480 e. The van der Waals surface area contributed by atoms with Crippen LogP contribution in [0.5, 0.6) is 0 Å². The fourth-order valence-electron chi connectivity index (χ4n) is 3.07. The maximum Gasteiger partial charge on any atom is 0.323 e. The van der Waals surface area contributed by atoms with Gasteiger partial charge in [-0.2, -0.15) is 0 Å². The predicted molar refractivity (Wildman–Crippen MR) is 58.0 cm³/mol. The molecule has 0 aromatic rings. The van der Waals surface area contributed by atoms with Crippen molar-refractivity contribution in [1.82, 2.24) is 0 Å². The summed E-state index contributed by atoms with van der Waals surface area (Å²) >= 11 is 0. The molecule has 2 heterocycles. The molecule has 0 unspecified atom stereocenters. The Bertz CT molecular complexity index is 239. The van der Waals surface area contributed by atoms with Gasteiger partial charge in [0.15, 0.2) is 0 Å². The predicted octanol–water partition coefficient (Wildman–Crippen LogP) is 1.80. The van der Waals surface area contributed by atoms with Gasteiger partial charge in [-0.25, -0.2) is 0 Å². The van der Waals surface area contributed by atoms with E-state index in [0.717, 1.165) is 24.9 Å². The molecule has 80 valence electrons. The zero-order chi connectivity index (χ0) is 10.2. The molecule has 0 radical (unpaired) electrons. The molecular formula is C10H19NO2Si. The Morgan fingerprint density at radius 1 is 1.14 bits per heavy atom. The summed E-state index contributed by atoms with van der Waals surface area (Å²) in [5, 5.41) is 9.02. The molecule has 1 spiro atoms. The molecule has 0 saturated carbocycles. The molecule has 4 heteroatoms. The number of aliphatic carboxylic acids is 1. The van der Waals surface area contributed by atoms with Gasteiger partial charge < -0.3 is 10.8 Å². The summed E-state index contributed by atoms with van der Waals surface area (Å²) in [7, 11) is -0.997. The van der Waals surface area contributed by atoms with E-state index in [1.165, 1.54) is 24.9 Å². The van der Waals surface area contributed by atoms with Crippen molar-refractivity contribution < 1.29 is 9.90 Å². The molecule has 2 aliphatic rings. The summed E-state index contributed by atoms with van der Waals surface area (Å²) in [5.74, 6) is -0.792. The molecule has 2 rings (SSSR count). The third kappa shape index (κ3) is 1.61. The van der Waals surface area contributed by atoms with Crippen molar-refractivity contribution in [1.29, 1.82) is 0 Å². The summed E-state index contributed by atoms with van der Waals surface area (Å²) in [4.78, 5) is 11.0. The van der Waals surface area contributed by atoms with Gasteiger partial charge >= 0.3 is 5.97 Å². The zero-order valence-corrected chi connectivity index (χ0v) is 9.59. The molecule has 3 nitrogen and oxygen atoms in total. The van der Waals surface area contributed by atoms with Crippen LogP contribution >= 0.6 is 0 Å². The molecule has 0 amide bonds. The van der Waals surface area contributed by atoms with E-state index >= 15 is 0 Å². The summed E-state index contributed by atoms with van der Waals surface area (Å²) in [6, 6.07) is 5.19. The monoisotopic (exact) mass is 213 g/mol. The maximum atomic E-state index is 11.0. The quantitative estimate of drug-likeness (QED) is 0.653. The van der Waals surface area contributed by atoms with Crippen molar-refractivity contribution in [3.8, 4) is 0 Å². The first-order valence-corrected chi connectivity index (χ1v) is 8.42. The average molecular weight is 213 g/mol. The molecule has 0 bridgehead atoms. The lowest BCUT2D eigenvalue weighted by atomic mass is 9.94. The van der Waals surface area contributed by atoms with Crippen LogP contribution in [0.2, 0.25) is 24.2 Å². The van der Waals surface area contributed by atoms with Crippen LogP contribution in [0.25, 0.3) is 0 Å². The number of carbonyl (C=O) groups is 1. The molecule has 2 aliphatic heterocycles. The van der Waals surface area contributed by atoms with Crippen LogP contribution in [-0.2, 0) is 4.79 Å². The Balaban J connectivity index is 2.01. The number of hydrogen-bond acceptors (Lipinski definition) is 2. The Hall–Kier alpha value is -0.353. The van der Waals surface area contributed by atoms with Crippen molar-refractivity contribution in [2.45, 2.75) is 55.4 Å². The number of rotatable bonds is 1. The van der Waals surface area contributed by atoms with E-state index in [-0.39, 0.29) is 0 Å². The summed E-state index contributed by atoms with van der Waals surface area (Å²) < 4.78 is 0. The first-order chi connectivity index (χ1) is 6.56. The van der Waals surface area contributed by atoms with Crippen molar-refractivity contribution in [2.75, 3.05) is 0 Å². The van der Waals surface area contributed by atoms with Crippen LogP contribution in [-0.4, -0.2) is 24.7 Å². The van der Waals surface area contributed by atoms with Crippen LogP contribution in [0.1, 0.15) is 25.7 Å². The van der Waals surface area contributed by atoms with Gasteiger partial charge in [-0.3, -0.25) is 4.79 Å². The lowest BCUT2D eigenvalue weighted by Gasteiger charge is -2.39. The van der Waals surface area contributed by atoms with Crippen molar-refractivity contribution in [3.05, 3.63) is 0 Å². The van der Waals surface area contributed by atoms with E-state index in [0.29, 0.717) is 0 Å². The summed E-state index contributed by atoms with van der Waals surface area (Å²) in [5.41, 5.74) is 4.99. The highest BCUT2D eigenvalue weighted by atomic mass is 28.3. The fraction of sp³-hybridized carbons (Fsp3) is 0.900. The Kier molecular flexibility index (Phi) is 2.43. The number of carboxylic acids is 1. The lowest BCUT2D eigenvalue weighted by molar-refractivity contribution is -0.143. The van der Waals surface area contributed by atoms with Gasteiger partial charge in [-0.05, 0) is 12.8 Å². The van der Waals surface area contributed by atoms with Crippen molar-refractivity contribution in [2.24, 2.45) is 5.73 Å². The normalized spacial score (nSPS) is 29.2. The van der Waals surface area contributed by atoms with E-state index in [9.17, 15) is 4.79 Å². The molecule has 14 heavy (non-hydrogen) atoms. The number of carboxylic acid groups (broad SMARTS) is 1. The SMILES string of the molecule is NC1(C(=O)O)CC[Si]2(CCCC2)CC1. The molecule has 0 aromatic carbocycles. The van der Waals surface area contributed by atoms with Gasteiger partial charge in [0.25, 0.3) is 0 Å². The third-order valence-corrected chi connectivity index (χ3v) is 9.74. The molecule has 2 saturated heterocycles. The zero-order valence-electron chi connectivity index (χ0n) is 8.59. The highest BCUT2D eigenvalue weighted by molar-refractivity contribution is 6.80. The van der Waals surface area contributed by atoms with Crippen LogP contribution in [0.4, 0.5) is 0 Å². The van der Waals surface area contributed by atoms with Gasteiger partial charge in [0, 0.05) is 0 Å². The van der Waals surface area contributed by atoms with Gasteiger partial charge in [0.1, 0.15) is 5.54 Å². The Morgan fingerprint density at radius 3 is 2.07 bits per heavy atom. The molecule has 0 aliphatic carbocycles. The topological polar surface area (TPSA) is 63.3 Å². The highest BCUT2D eigenvalue weighted by Gasteiger charge is 2.46. The number of hydrogen-bond donors (Lipinski definition) is 2. The Morgan fingerprint density at radius 2 is 1.64 bits per heavy atom. The lowest BCUT2D eigenvalue weighted by Crippen LogP contribution is -2.54. The van der Waals surface area contributed by atoms with Crippen molar-refractivity contribution in [3.63, 3.8) is 0 Å². The summed E-state index contributed by atoms with van der Waals surface area (Å²) in [6.07, 6.45) is 4.23. The van der Waals surface area contributed by atoms with E-state index in [1.54, 1.807) is 0 Å². The van der Waals surface area contributed by atoms with Gasteiger partial charge in [0.2, 0.25) is 0 Å². The van der Waals surface area contributed by atoms with E-state index in [1.807, 2.05) is 0 Å². The first kappa shape index (κ1) is 10.2. The minimum absolute atomic E-state index is 0.731. The Labute approximate surface area is 85.7 Å². The first-order valence-electron chi connectivity index (χ1n) is 5.59. The van der Waals surface area contributed by atoms with Crippen LogP contribution in [0.3, 0.4) is 0 Å². The van der Waals surface area contributed by atoms with E-state index in [2.05, 4.69) is 0 Å². The largest absolute Gasteiger partial charge is 0.480 e. The second-order valence-corrected chi connectivity index (χ2v) is 10.2. The maximum absolute atomic E-state index is 11.0. The highest BCUT2D eigenvalue weighted by Crippen LogP contribution is 2.44. The van der Waals surface area contributed by atoms with E-state index < -0.39 is 19.6 Å². The number of nitrogens with two attached hydrogens (primary N) is 1. The molecule has 2 fully saturated rings. The fourth-order valence-corrected chi connectivity index (χ4v) is 8.52. The smallest absolute Gasteiger partial charge is 0.323 e. The molecule has 3 N–H and O–H groups in total.